The van der Waals surface area contributed by atoms with Gasteiger partial charge in [-0.3, -0.25) is 14.4 Å². The van der Waals surface area contributed by atoms with Crippen molar-refractivity contribution >= 4 is 17.7 Å². The molecular formula is C24H26N4O6. The minimum atomic E-state index is -0.276. The SMILES string of the molecule is COc1ccccc1C(=O)N1CC(C(=O)N2C[C@@H]3[C@@H](C2)OCCN3C(=O)c2ccc(O)cn2)C1. The first-order valence-corrected chi connectivity index (χ1v) is 11.2. The first-order valence-electron chi connectivity index (χ1n) is 11.2. The third kappa shape index (κ3) is 3.94. The summed E-state index contributed by atoms with van der Waals surface area (Å²) in [5, 5.41) is 9.44. The number of morpholine rings is 1. The lowest BCUT2D eigenvalue weighted by Crippen LogP contribution is -2.56. The molecule has 2 aromatic rings. The molecule has 0 bridgehead atoms. The van der Waals surface area contributed by atoms with E-state index in [4.69, 9.17) is 9.47 Å². The van der Waals surface area contributed by atoms with Crippen molar-refractivity contribution in [2.75, 3.05) is 46.4 Å². The highest BCUT2D eigenvalue weighted by atomic mass is 16.5. The summed E-state index contributed by atoms with van der Waals surface area (Å²) in [7, 11) is 1.52. The zero-order valence-corrected chi connectivity index (χ0v) is 18.8. The fourth-order valence-corrected chi connectivity index (χ4v) is 4.83. The quantitative estimate of drug-likeness (QED) is 0.703. The molecule has 3 aliphatic rings. The van der Waals surface area contributed by atoms with Crippen LogP contribution in [-0.4, -0.2) is 101 Å². The first kappa shape index (κ1) is 22.1. The van der Waals surface area contributed by atoms with Gasteiger partial charge >= 0.3 is 0 Å². The molecule has 0 unspecified atom stereocenters. The molecule has 34 heavy (non-hydrogen) atoms. The van der Waals surface area contributed by atoms with Gasteiger partial charge in [0, 0.05) is 32.7 Å². The lowest BCUT2D eigenvalue weighted by atomic mass is 9.97. The number of pyridine rings is 1. The lowest BCUT2D eigenvalue weighted by Gasteiger charge is -2.40. The largest absolute Gasteiger partial charge is 0.506 e. The molecule has 3 fully saturated rings. The average Bonchev–Trinajstić information content (AvgIpc) is 3.27. The molecule has 0 saturated carbocycles. The Morgan fingerprint density at radius 1 is 1.03 bits per heavy atom. The van der Waals surface area contributed by atoms with E-state index in [1.807, 2.05) is 0 Å². The predicted molar refractivity (Wildman–Crippen MR) is 119 cm³/mol. The number of methoxy groups -OCH3 is 1. The minimum absolute atomic E-state index is 0.00669. The molecule has 10 nitrogen and oxygen atoms in total. The van der Waals surface area contributed by atoms with E-state index in [-0.39, 0.29) is 47.2 Å². The molecule has 1 aromatic carbocycles. The van der Waals surface area contributed by atoms with Crippen LogP contribution in [-0.2, 0) is 9.53 Å². The van der Waals surface area contributed by atoms with Crippen molar-refractivity contribution in [3.63, 3.8) is 0 Å². The zero-order valence-electron chi connectivity index (χ0n) is 18.8. The van der Waals surface area contributed by atoms with E-state index in [0.717, 1.165) is 0 Å². The summed E-state index contributed by atoms with van der Waals surface area (Å²) in [6, 6.07) is 9.70. The summed E-state index contributed by atoms with van der Waals surface area (Å²) >= 11 is 0. The van der Waals surface area contributed by atoms with Gasteiger partial charge in [0.05, 0.1) is 43.5 Å². The van der Waals surface area contributed by atoms with E-state index >= 15 is 0 Å². The van der Waals surface area contributed by atoms with Gasteiger partial charge < -0.3 is 29.3 Å². The van der Waals surface area contributed by atoms with Crippen LogP contribution in [0.25, 0.3) is 0 Å². The number of nitrogens with zero attached hydrogens (tertiary/aromatic N) is 4. The number of aromatic hydroxyl groups is 1. The number of amides is 3. The van der Waals surface area contributed by atoms with Gasteiger partial charge in [-0.1, -0.05) is 12.1 Å². The molecule has 2 atom stereocenters. The highest BCUT2D eigenvalue weighted by molar-refractivity contribution is 5.98. The summed E-state index contributed by atoms with van der Waals surface area (Å²) in [4.78, 5) is 48.1. The molecule has 10 heteroatoms. The maximum Gasteiger partial charge on any atom is 0.272 e. The second-order valence-corrected chi connectivity index (χ2v) is 8.73. The number of carbonyl (C=O) groups excluding carboxylic acids is 3. The zero-order chi connectivity index (χ0) is 23.8. The van der Waals surface area contributed by atoms with Gasteiger partial charge in [0.25, 0.3) is 11.8 Å². The van der Waals surface area contributed by atoms with Crippen LogP contribution in [0.3, 0.4) is 0 Å². The number of hydrogen-bond acceptors (Lipinski definition) is 7. The summed E-state index contributed by atoms with van der Waals surface area (Å²) < 4.78 is 11.1. The normalized spacial score (nSPS) is 22.2. The van der Waals surface area contributed by atoms with Crippen molar-refractivity contribution in [2.24, 2.45) is 5.92 Å². The van der Waals surface area contributed by atoms with E-state index in [0.29, 0.717) is 50.6 Å². The van der Waals surface area contributed by atoms with E-state index in [1.165, 1.54) is 25.4 Å². The predicted octanol–water partition coefficient (Wildman–Crippen LogP) is 0.620. The fraction of sp³-hybridized carbons (Fsp3) is 0.417. The third-order valence-electron chi connectivity index (χ3n) is 6.70. The standard InChI is InChI=1S/C24H26N4O6/c1-33-20-5-3-2-4-17(20)23(31)26-11-15(12-26)22(30)27-13-19-21(14-27)34-9-8-28(19)24(32)18-7-6-16(29)10-25-18/h2-7,10,15,19,21,29H,8-9,11-14H2,1H3/t19-,21-/m1/s1. The maximum absolute atomic E-state index is 13.1. The Morgan fingerprint density at radius 2 is 1.82 bits per heavy atom. The van der Waals surface area contributed by atoms with E-state index in [1.54, 1.807) is 39.0 Å². The molecule has 5 rings (SSSR count). The average molecular weight is 466 g/mol. The van der Waals surface area contributed by atoms with Gasteiger partial charge in [-0.2, -0.15) is 0 Å². The number of rotatable bonds is 4. The van der Waals surface area contributed by atoms with Crippen LogP contribution in [0.15, 0.2) is 42.6 Å². The van der Waals surface area contributed by atoms with Crippen LogP contribution >= 0.6 is 0 Å². The molecule has 3 aliphatic heterocycles. The van der Waals surface area contributed by atoms with Gasteiger partial charge in [-0.25, -0.2) is 4.98 Å². The third-order valence-corrected chi connectivity index (χ3v) is 6.70. The number of hydrogen-bond donors (Lipinski definition) is 1. The van der Waals surface area contributed by atoms with Crippen molar-refractivity contribution in [1.29, 1.82) is 0 Å². The molecule has 1 aromatic heterocycles. The van der Waals surface area contributed by atoms with Crippen LogP contribution in [0.4, 0.5) is 0 Å². The maximum atomic E-state index is 13.1. The minimum Gasteiger partial charge on any atom is -0.506 e. The molecule has 3 saturated heterocycles. The smallest absolute Gasteiger partial charge is 0.272 e. The van der Waals surface area contributed by atoms with Gasteiger partial charge in [-0.05, 0) is 24.3 Å². The van der Waals surface area contributed by atoms with Gasteiger partial charge in [0.2, 0.25) is 5.91 Å². The summed E-state index contributed by atoms with van der Waals surface area (Å²) in [6.07, 6.45) is 0.981. The van der Waals surface area contributed by atoms with Crippen LogP contribution < -0.4 is 4.74 Å². The monoisotopic (exact) mass is 466 g/mol. The summed E-state index contributed by atoms with van der Waals surface area (Å²) in [6.45, 7) is 2.29. The Kier molecular flexibility index (Phi) is 5.82. The van der Waals surface area contributed by atoms with E-state index in [2.05, 4.69) is 4.98 Å². The van der Waals surface area contributed by atoms with Crippen molar-refractivity contribution < 1.29 is 29.0 Å². The molecular weight excluding hydrogens is 440 g/mol. The van der Waals surface area contributed by atoms with Gasteiger partial charge in [-0.15, -0.1) is 0 Å². The molecule has 3 amide bonds. The lowest BCUT2D eigenvalue weighted by molar-refractivity contribution is -0.139. The molecule has 0 spiro atoms. The Hall–Kier alpha value is -3.66. The highest BCUT2D eigenvalue weighted by Gasteiger charge is 2.47. The van der Waals surface area contributed by atoms with Crippen LogP contribution in [0.5, 0.6) is 11.5 Å². The fourth-order valence-electron chi connectivity index (χ4n) is 4.83. The van der Waals surface area contributed by atoms with Gasteiger partial charge in [0.15, 0.2) is 0 Å². The second-order valence-electron chi connectivity index (χ2n) is 8.73. The first-order chi connectivity index (χ1) is 16.5. The number of ether oxygens (including phenoxy) is 2. The van der Waals surface area contributed by atoms with Crippen LogP contribution in [0.2, 0.25) is 0 Å². The number of para-hydroxylation sites is 1. The number of fused-ring (bicyclic) bond motifs is 1. The van der Waals surface area contributed by atoms with Crippen molar-refractivity contribution in [1.82, 2.24) is 19.7 Å². The highest BCUT2D eigenvalue weighted by Crippen LogP contribution is 2.29. The van der Waals surface area contributed by atoms with Crippen molar-refractivity contribution in [3.8, 4) is 11.5 Å². The Bertz CT molecular complexity index is 1100. The molecule has 0 aliphatic carbocycles. The summed E-state index contributed by atoms with van der Waals surface area (Å²) in [5.41, 5.74) is 0.723. The number of benzene rings is 1. The molecule has 1 N–H and O–H groups in total. The topological polar surface area (TPSA) is 113 Å². The molecule has 178 valence electrons. The number of likely N-dealkylation sites (tertiary alicyclic amines) is 2. The Balaban J connectivity index is 1.21. The van der Waals surface area contributed by atoms with E-state index in [9.17, 15) is 19.5 Å². The number of aromatic nitrogens is 1. The molecule has 0 radical (unpaired) electrons. The van der Waals surface area contributed by atoms with Crippen molar-refractivity contribution in [2.45, 2.75) is 12.1 Å². The Morgan fingerprint density at radius 3 is 2.56 bits per heavy atom. The number of carbonyl (C=O) groups is 3. The van der Waals surface area contributed by atoms with Crippen LogP contribution in [0.1, 0.15) is 20.8 Å². The second kappa shape index (κ2) is 8.94. The van der Waals surface area contributed by atoms with Crippen molar-refractivity contribution in [3.05, 3.63) is 53.9 Å². The molecule has 4 heterocycles. The summed E-state index contributed by atoms with van der Waals surface area (Å²) in [5.74, 6) is -0.203. The van der Waals surface area contributed by atoms with E-state index < -0.39 is 0 Å². The Labute approximate surface area is 196 Å². The van der Waals surface area contributed by atoms with Gasteiger partial charge in [0.1, 0.15) is 17.2 Å². The van der Waals surface area contributed by atoms with Crippen LogP contribution in [0, 0.1) is 5.92 Å².